The molecule has 2 rings (SSSR count). The van der Waals surface area contributed by atoms with Gasteiger partial charge in [0.2, 0.25) is 6.04 Å². The van der Waals surface area contributed by atoms with Gasteiger partial charge in [-0.3, -0.25) is 10.1 Å². The first-order valence-electron chi connectivity index (χ1n) is 5.93. The molecule has 0 saturated heterocycles. The van der Waals surface area contributed by atoms with Gasteiger partial charge >= 0.3 is 0 Å². The fourth-order valence-corrected chi connectivity index (χ4v) is 2.12. The monoisotopic (exact) mass is 261 g/mol. The lowest BCUT2D eigenvalue weighted by Gasteiger charge is -2.18. The van der Waals surface area contributed by atoms with Gasteiger partial charge in [0.15, 0.2) is 0 Å². The van der Waals surface area contributed by atoms with E-state index in [0.717, 1.165) is 10.8 Å². The molecular weight excluding hydrogens is 246 g/mol. The number of fused-ring (bicyclic) bond motifs is 1. The summed E-state index contributed by atoms with van der Waals surface area (Å²) in [4.78, 5) is 10.4. The molecule has 2 aromatic rings. The molecule has 0 unspecified atom stereocenters. The average Bonchev–Trinajstić information content (AvgIpc) is 2.44. The lowest BCUT2D eigenvalue weighted by molar-refractivity contribution is -0.531. The van der Waals surface area contributed by atoms with Crippen molar-refractivity contribution in [2.45, 2.75) is 19.1 Å². The number of benzene rings is 2. The Bertz CT molecular complexity index is 611. The maximum atomic E-state index is 10.9. The maximum absolute atomic E-state index is 10.9. The Hall–Kier alpha value is -2.14. The molecular formula is C14H15NO4. The summed E-state index contributed by atoms with van der Waals surface area (Å²) in [6.45, 7) is 1.38. The molecule has 0 spiro atoms. The molecule has 5 heteroatoms. The molecule has 0 aromatic heterocycles. The van der Waals surface area contributed by atoms with Crippen LogP contribution in [0.5, 0.6) is 5.75 Å². The maximum Gasteiger partial charge on any atom is 0.240 e. The van der Waals surface area contributed by atoms with Gasteiger partial charge in [-0.25, -0.2) is 0 Å². The van der Waals surface area contributed by atoms with Gasteiger partial charge in [-0.15, -0.1) is 0 Å². The normalized spacial score (nSPS) is 14.1. The van der Waals surface area contributed by atoms with Crippen molar-refractivity contribution in [2.75, 3.05) is 7.11 Å². The van der Waals surface area contributed by atoms with Gasteiger partial charge in [-0.2, -0.15) is 0 Å². The first-order valence-corrected chi connectivity index (χ1v) is 5.93. The van der Waals surface area contributed by atoms with Crippen LogP contribution in [0, 0.1) is 10.1 Å². The third kappa shape index (κ3) is 2.37. The fraction of sp³-hybridized carbons (Fsp3) is 0.286. The number of hydrogen-bond donors (Lipinski definition) is 1. The van der Waals surface area contributed by atoms with Gasteiger partial charge in [0.25, 0.3) is 0 Å². The molecule has 0 aliphatic rings. The number of nitro groups is 1. The minimum atomic E-state index is -1.21. The van der Waals surface area contributed by atoms with E-state index in [9.17, 15) is 15.2 Å². The van der Waals surface area contributed by atoms with Crippen LogP contribution in [0.4, 0.5) is 0 Å². The van der Waals surface area contributed by atoms with E-state index in [1.165, 1.54) is 14.0 Å². The molecule has 5 nitrogen and oxygen atoms in total. The molecule has 0 heterocycles. The van der Waals surface area contributed by atoms with Crippen LogP contribution in [-0.2, 0) is 0 Å². The van der Waals surface area contributed by atoms with Gasteiger partial charge in [-0.1, -0.05) is 30.3 Å². The van der Waals surface area contributed by atoms with E-state index in [1.54, 1.807) is 6.07 Å². The second-order valence-corrected chi connectivity index (χ2v) is 4.37. The summed E-state index contributed by atoms with van der Waals surface area (Å²) < 4.78 is 5.22. The number of hydrogen-bond acceptors (Lipinski definition) is 4. The van der Waals surface area contributed by atoms with Crippen molar-refractivity contribution in [1.29, 1.82) is 0 Å². The second-order valence-electron chi connectivity index (χ2n) is 4.37. The Morgan fingerprint density at radius 2 is 1.95 bits per heavy atom. The van der Waals surface area contributed by atoms with Crippen LogP contribution in [0.15, 0.2) is 36.4 Å². The minimum absolute atomic E-state index is 0.458. The van der Waals surface area contributed by atoms with Crippen LogP contribution in [0.25, 0.3) is 10.8 Å². The van der Waals surface area contributed by atoms with E-state index in [0.29, 0.717) is 11.3 Å². The molecule has 0 saturated carbocycles. The van der Waals surface area contributed by atoms with Crippen LogP contribution in [0.2, 0.25) is 0 Å². The lowest BCUT2D eigenvalue weighted by Crippen LogP contribution is -2.24. The van der Waals surface area contributed by atoms with Gasteiger partial charge in [0.1, 0.15) is 11.9 Å². The molecule has 100 valence electrons. The second kappa shape index (κ2) is 5.24. The number of nitrogens with zero attached hydrogens (tertiary/aromatic N) is 1. The van der Waals surface area contributed by atoms with E-state index in [-0.39, 0.29) is 0 Å². The summed E-state index contributed by atoms with van der Waals surface area (Å²) in [6.07, 6.45) is -1.21. The molecule has 0 amide bonds. The number of aliphatic hydroxyl groups excluding tert-OH is 1. The predicted octanol–water partition coefficient (Wildman–Crippen LogP) is 2.55. The van der Waals surface area contributed by atoms with Crippen LogP contribution in [0.1, 0.15) is 18.6 Å². The van der Waals surface area contributed by atoms with Crippen LogP contribution in [-0.4, -0.2) is 23.2 Å². The summed E-state index contributed by atoms with van der Waals surface area (Å²) in [5.74, 6) is 0.458. The molecule has 2 atom stereocenters. The smallest absolute Gasteiger partial charge is 0.240 e. The Morgan fingerprint density at radius 3 is 2.58 bits per heavy atom. The van der Waals surface area contributed by atoms with Crippen molar-refractivity contribution in [3.8, 4) is 5.75 Å². The molecule has 1 N–H and O–H groups in total. The third-order valence-corrected chi connectivity index (χ3v) is 3.24. The van der Waals surface area contributed by atoms with Gasteiger partial charge in [0.05, 0.1) is 7.11 Å². The van der Waals surface area contributed by atoms with Crippen molar-refractivity contribution in [1.82, 2.24) is 0 Å². The van der Waals surface area contributed by atoms with E-state index in [2.05, 4.69) is 0 Å². The number of ether oxygens (including phenoxy) is 1. The third-order valence-electron chi connectivity index (χ3n) is 3.24. The van der Waals surface area contributed by atoms with Gasteiger partial charge in [0, 0.05) is 17.4 Å². The molecule has 0 aliphatic carbocycles. The van der Waals surface area contributed by atoms with E-state index in [1.807, 2.05) is 30.3 Å². The van der Waals surface area contributed by atoms with E-state index < -0.39 is 17.1 Å². The van der Waals surface area contributed by atoms with Gasteiger partial charge < -0.3 is 9.84 Å². The molecule has 0 aliphatic heterocycles. The predicted molar refractivity (Wildman–Crippen MR) is 71.9 cm³/mol. The summed E-state index contributed by atoms with van der Waals surface area (Å²) in [7, 11) is 1.48. The quantitative estimate of drug-likeness (QED) is 0.678. The zero-order valence-electron chi connectivity index (χ0n) is 10.7. The number of aliphatic hydroxyl groups is 1. The highest BCUT2D eigenvalue weighted by Gasteiger charge is 2.29. The molecule has 0 fully saturated rings. The lowest BCUT2D eigenvalue weighted by atomic mass is 9.96. The first-order chi connectivity index (χ1) is 9.06. The molecule has 0 bridgehead atoms. The summed E-state index contributed by atoms with van der Waals surface area (Å²) in [5.41, 5.74) is 0.463. The highest BCUT2D eigenvalue weighted by Crippen LogP contribution is 2.35. The Kier molecular flexibility index (Phi) is 3.66. The van der Waals surface area contributed by atoms with E-state index in [4.69, 9.17) is 4.74 Å². The Balaban J connectivity index is 2.65. The number of methoxy groups -OCH3 is 1. The van der Waals surface area contributed by atoms with Crippen molar-refractivity contribution in [2.24, 2.45) is 0 Å². The topological polar surface area (TPSA) is 72.6 Å². The summed E-state index contributed by atoms with van der Waals surface area (Å²) >= 11 is 0. The van der Waals surface area contributed by atoms with Crippen molar-refractivity contribution < 1.29 is 14.8 Å². The van der Waals surface area contributed by atoms with Crippen LogP contribution in [0.3, 0.4) is 0 Å². The Morgan fingerprint density at radius 1 is 1.26 bits per heavy atom. The standard InChI is InChI=1S/C14H15NO4/c1-9(15(17)18)14(16)13-11-6-4-3-5-10(11)7-8-12(13)19-2/h3-9,14,16H,1-2H3/t9-,14-/m1/s1. The van der Waals surface area contributed by atoms with Crippen molar-refractivity contribution in [3.63, 3.8) is 0 Å². The summed E-state index contributed by atoms with van der Waals surface area (Å²) in [6, 6.07) is 9.90. The first kappa shape index (κ1) is 13.3. The van der Waals surface area contributed by atoms with Crippen molar-refractivity contribution >= 4 is 10.8 Å². The largest absolute Gasteiger partial charge is 0.496 e. The van der Waals surface area contributed by atoms with Gasteiger partial charge in [-0.05, 0) is 16.8 Å². The van der Waals surface area contributed by atoms with Crippen LogP contribution < -0.4 is 4.74 Å². The molecule has 0 radical (unpaired) electrons. The average molecular weight is 261 g/mol. The SMILES string of the molecule is COc1ccc2ccccc2c1[C@H](O)[C@@H](C)[N+](=O)[O-]. The van der Waals surface area contributed by atoms with Crippen LogP contribution >= 0.6 is 0 Å². The molecule has 2 aromatic carbocycles. The minimum Gasteiger partial charge on any atom is -0.496 e. The number of rotatable bonds is 4. The zero-order chi connectivity index (χ0) is 14.0. The van der Waals surface area contributed by atoms with E-state index >= 15 is 0 Å². The summed E-state index contributed by atoms with van der Waals surface area (Å²) in [5, 5.41) is 22.8. The molecule has 19 heavy (non-hydrogen) atoms. The highest BCUT2D eigenvalue weighted by molar-refractivity contribution is 5.88. The van der Waals surface area contributed by atoms with Crippen molar-refractivity contribution in [3.05, 3.63) is 52.1 Å². The Labute approximate surface area is 110 Å². The zero-order valence-corrected chi connectivity index (χ0v) is 10.7. The fourth-order valence-electron chi connectivity index (χ4n) is 2.12. The highest BCUT2D eigenvalue weighted by atomic mass is 16.6.